The Morgan fingerprint density at radius 3 is 2.56 bits per heavy atom. The summed E-state index contributed by atoms with van der Waals surface area (Å²) in [6, 6.07) is 17.9. The van der Waals surface area contributed by atoms with Crippen molar-refractivity contribution < 1.29 is 4.79 Å². The molecule has 1 aliphatic heterocycles. The van der Waals surface area contributed by atoms with Crippen LogP contribution in [0.1, 0.15) is 113 Å². The molecule has 2 heterocycles. The molecular formula is C36H40N2O. The van der Waals surface area contributed by atoms with E-state index in [4.69, 9.17) is 6.58 Å². The molecule has 1 spiro atoms. The van der Waals surface area contributed by atoms with Crippen LogP contribution in [0.3, 0.4) is 0 Å². The highest BCUT2D eigenvalue weighted by atomic mass is 16.2. The van der Waals surface area contributed by atoms with Gasteiger partial charge in [-0.2, -0.15) is 0 Å². The first-order valence-electron chi connectivity index (χ1n) is 15.1. The number of hydrogen-bond acceptors (Lipinski definition) is 2. The van der Waals surface area contributed by atoms with E-state index in [2.05, 4.69) is 65.3 Å². The SMILES string of the molecule is C=C(c1ccc2c(c1)[C@@H](N1Cc3cccc(C)c3C1=O)CCC2)C1CCC2(CCC(c3ccncc3)CC2)C1. The van der Waals surface area contributed by atoms with Crippen LogP contribution in [0.4, 0.5) is 0 Å². The number of carbonyl (C=O) groups is 1. The molecule has 2 fully saturated rings. The van der Waals surface area contributed by atoms with E-state index in [1.807, 2.05) is 12.4 Å². The highest BCUT2D eigenvalue weighted by Crippen LogP contribution is 2.56. The molecule has 0 saturated heterocycles. The van der Waals surface area contributed by atoms with E-state index in [-0.39, 0.29) is 11.9 Å². The first kappa shape index (κ1) is 24.8. The molecule has 0 bridgehead atoms. The predicted octanol–water partition coefficient (Wildman–Crippen LogP) is 8.58. The van der Waals surface area contributed by atoms with Gasteiger partial charge in [0.1, 0.15) is 0 Å². The number of nitrogens with zero attached hydrogens (tertiary/aromatic N) is 2. The number of benzene rings is 2. The normalized spacial score (nSPS) is 28.0. The Labute approximate surface area is 233 Å². The van der Waals surface area contributed by atoms with Gasteiger partial charge in [-0.1, -0.05) is 36.9 Å². The predicted molar refractivity (Wildman–Crippen MR) is 157 cm³/mol. The van der Waals surface area contributed by atoms with E-state index >= 15 is 0 Å². The first-order valence-corrected chi connectivity index (χ1v) is 15.1. The average molecular weight is 517 g/mol. The molecule has 200 valence electrons. The Kier molecular flexibility index (Phi) is 6.21. The standard InChI is InChI=1S/C36H40N2O/c1-24-5-3-7-31-23-38(35(39)34(24)31)33-8-4-6-28-9-10-29(21-32(28)33)25(2)30-13-18-36(22-30)16-11-26(12-17-36)27-14-19-37-20-15-27/h3,5,7,9-10,14-15,19-21,26,30,33H,2,4,6,8,11-13,16-18,22-23H2,1H3/t26?,30?,33-,36?/m0/s1. The molecule has 3 nitrogen and oxygen atoms in total. The lowest BCUT2D eigenvalue weighted by Gasteiger charge is -2.38. The van der Waals surface area contributed by atoms with Gasteiger partial charge < -0.3 is 4.90 Å². The summed E-state index contributed by atoms with van der Waals surface area (Å²) in [7, 11) is 0. The number of amides is 1. The molecule has 39 heavy (non-hydrogen) atoms. The summed E-state index contributed by atoms with van der Waals surface area (Å²) in [6.07, 6.45) is 16.4. The second-order valence-electron chi connectivity index (χ2n) is 12.9. The fourth-order valence-electron chi connectivity index (χ4n) is 8.51. The van der Waals surface area contributed by atoms with Crippen molar-refractivity contribution in [1.82, 2.24) is 9.88 Å². The van der Waals surface area contributed by atoms with Crippen molar-refractivity contribution >= 4 is 11.5 Å². The van der Waals surface area contributed by atoms with Gasteiger partial charge in [-0.15, -0.1) is 0 Å². The Hall–Kier alpha value is -3.20. The van der Waals surface area contributed by atoms with E-state index in [0.717, 1.165) is 36.9 Å². The lowest BCUT2D eigenvalue weighted by atomic mass is 9.67. The number of fused-ring (bicyclic) bond motifs is 2. The average Bonchev–Trinajstić information content (AvgIpc) is 3.54. The summed E-state index contributed by atoms with van der Waals surface area (Å²) >= 11 is 0. The molecule has 1 amide bonds. The van der Waals surface area contributed by atoms with Gasteiger partial charge >= 0.3 is 0 Å². The van der Waals surface area contributed by atoms with E-state index in [1.54, 1.807) is 0 Å². The van der Waals surface area contributed by atoms with Crippen LogP contribution in [0, 0.1) is 18.3 Å². The molecule has 4 aliphatic rings. The molecule has 2 atom stereocenters. The minimum atomic E-state index is 0.166. The van der Waals surface area contributed by atoms with Crippen LogP contribution in [0.25, 0.3) is 5.57 Å². The quantitative estimate of drug-likeness (QED) is 0.348. The van der Waals surface area contributed by atoms with E-state index in [0.29, 0.717) is 17.3 Å². The first-order chi connectivity index (χ1) is 19.0. The molecule has 3 aliphatic carbocycles. The molecule has 2 saturated carbocycles. The Bertz CT molecular complexity index is 1420. The van der Waals surface area contributed by atoms with Crippen LogP contribution in [0.2, 0.25) is 0 Å². The van der Waals surface area contributed by atoms with E-state index in [9.17, 15) is 4.79 Å². The number of aryl methyl sites for hydroxylation is 2. The largest absolute Gasteiger partial charge is 0.327 e. The molecule has 1 aromatic heterocycles. The maximum atomic E-state index is 13.5. The lowest BCUT2D eigenvalue weighted by molar-refractivity contribution is 0.0682. The zero-order valence-electron chi connectivity index (χ0n) is 23.3. The summed E-state index contributed by atoms with van der Waals surface area (Å²) < 4.78 is 0. The smallest absolute Gasteiger partial charge is 0.255 e. The van der Waals surface area contributed by atoms with Crippen LogP contribution < -0.4 is 0 Å². The lowest BCUT2D eigenvalue weighted by Crippen LogP contribution is -2.32. The zero-order valence-corrected chi connectivity index (χ0v) is 23.3. The van der Waals surface area contributed by atoms with Gasteiger partial charge in [-0.05, 0) is 146 Å². The Balaban J connectivity index is 1.07. The topological polar surface area (TPSA) is 33.2 Å². The van der Waals surface area contributed by atoms with Gasteiger partial charge in [-0.3, -0.25) is 9.78 Å². The van der Waals surface area contributed by atoms with Crippen LogP contribution in [0.5, 0.6) is 0 Å². The van der Waals surface area contributed by atoms with Crippen LogP contribution in [0.15, 0.2) is 67.5 Å². The van der Waals surface area contributed by atoms with Crippen LogP contribution >= 0.6 is 0 Å². The minimum absolute atomic E-state index is 0.166. The molecule has 2 aromatic carbocycles. The maximum absolute atomic E-state index is 13.5. The summed E-state index contributed by atoms with van der Waals surface area (Å²) in [4.78, 5) is 19.9. The maximum Gasteiger partial charge on any atom is 0.255 e. The van der Waals surface area contributed by atoms with E-state index < -0.39 is 0 Å². The second-order valence-corrected chi connectivity index (χ2v) is 12.9. The molecular weight excluding hydrogens is 476 g/mol. The Morgan fingerprint density at radius 1 is 0.974 bits per heavy atom. The fraction of sp³-hybridized carbons (Fsp3) is 0.444. The summed E-state index contributed by atoms with van der Waals surface area (Å²) in [5.74, 6) is 1.48. The molecule has 3 aromatic rings. The number of allylic oxidation sites excluding steroid dienone is 1. The molecule has 7 rings (SSSR count). The fourth-order valence-corrected chi connectivity index (χ4v) is 8.51. The van der Waals surface area contributed by atoms with Gasteiger partial charge in [0, 0.05) is 24.5 Å². The summed E-state index contributed by atoms with van der Waals surface area (Å²) in [6.45, 7) is 7.49. The number of carbonyl (C=O) groups excluding carboxylic acids is 1. The number of hydrogen-bond donors (Lipinski definition) is 0. The minimum Gasteiger partial charge on any atom is -0.327 e. The third-order valence-electron chi connectivity index (χ3n) is 10.8. The van der Waals surface area contributed by atoms with Gasteiger partial charge in [0.05, 0.1) is 6.04 Å². The van der Waals surface area contributed by atoms with Crippen molar-refractivity contribution in [3.8, 4) is 0 Å². The molecule has 0 N–H and O–H groups in total. The number of pyridine rings is 1. The van der Waals surface area contributed by atoms with Gasteiger partial charge in [-0.25, -0.2) is 0 Å². The summed E-state index contributed by atoms with van der Waals surface area (Å²) in [5.41, 5.74) is 10.6. The van der Waals surface area contributed by atoms with Crippen LogP contribution in [-0.4, -0.2) is 15.8 Å². The van der Waals surface area contributed by atoms with Gasteiger partial charge in [0.2, 0.25) is 0 Å². The third-order valence-corrected chi connectivity index (χ3v) is 10.8. The zero-order chi connectivity index (χ0) is 26.6. The van der Waals surface area contributed by atoms with Crippen LogP contribution in [-0.2, 0) is 13.0 Å². The van der Waals surface area contributed by atoms with E-state index in [1.165, 1.54) is 78.3 Å². The van der Waals surface area contributed by atoms with Crippen molar-refractivity contribution in [3.05, 3.63) is 106 Å². The monoisotopic (exact) mass is 516 g/mol. The molecule has 0 radical (unpaired) electrons. The number of rotatable bonds is 4. The second kappa shape index (κ2) is 9.77. The highest BCUT2D eigenvalue weighted by molar-refractivity contribution is 6.00. The van der Waals surface area contributed by atoms with Gasteiger partial charge in [0.25, 0.3) is 5.91 Å². The number of aromatic nitrogens is 1. The van der Waals surface area contributed by atoms with Crippen molar-refractivity contribution in [2.24, 2.45) is 11.3 Å². The van der Waals surface area contributed by atoms with Gasteiger partial charge in [0.15, 0.2) is 0 Å². The third kappa shape index (κ3) is 4.35. The Morgan fingerprint density at radius 2 is 1.77 bits per heavy atom. The molecule has 3 heteroatoms. The van der Waals surface area contributed by atoms with Crippen molar-refractivity contribution in [1.29, 1.82) is 0 Å². The van der Waals surface area contributed by atoms with Crippen molar-refractivity contribution in [3.63, 3.8) is 0 Å². The van der Waals surface area contributed by atoms with Crippen molar-refractivity contribution in [2.45, 2.75) is 89.6 Å². The summed E-state index contributed by atoms with van der Waals surface area (Å²) in [5, 5.41) is 0. The highest BCUT2D eigenvalue weighted by Gasteiger charge is 2.43. The van der Waals surface area contributed by atoms with Crippen molar-refractivity contribution in [2.75, 3.05) is 0 Å². The molecule has 1 unspecified atom stereocenters.